The smallest absolute Gasteiger partial charge is 0.276 e. The fourth-order valence-corrected chi connectivity index (χ4v) is 5.58. The Morgan fingerprint density at radius 2 is 1.77 bits per heavy atom. The summed E-state index contributed by atoms with van der Waals surface area (Å²) in [6.07, 6.45) is 5.20. The van der Waals surface area contributed by atoms with Gasteiger partial charge in [0.05, 0.1) is 29.1 Å². The molecule has 0 aliphatic rings. The van der Waals surface area contributed by atoms with E-state index < -0.39 is 0 Å². The first kappa shape index (κ1) is 32.6. The quantitative estimate of drug-likeness (QED) is 0.157. The van der Waals surface area contributed by atoms with E-state index in [0.717, 1.165) is 60.9 Å². The van der Waals surface area contributed by atoms with Crippen molar-refractivity contribution in [3.05, 3.63) is 52.6 Å². The SMILES string of the molecule is CCCn1c(NC(=O)c2cc(C)nn2CCCCCc2c(C)nn(CC)c2C=O)nc2c(N(C)C(=O)CN(C)C)cccc21. The van der Waals surface area contributed by atoms with Crippen molar-refractivity contribution in [2.24, 2.45) is 0 Å². The molecule has 1 N–H and O–H groups in total. The summed E-state index contributed by atoms with van der Waals surface area (Å²) in [5, 5.41) is 12.1. The number of fused-ring (bicyclic) bond motifs is 1. The minimum atomic E-state index is -0.282. The Hall–Kier alpha value is -4.32. The van der Waals surface area contributed by atoms with Crippen LogP contribution in [0.2, 0.25) is 0 Å². The molecule has 4 rings (SSSR count). The summed E-state index contributed by atoms with van der Waals surface area (Å²) in [4.78, 5) is 46.3. The van der Waals surface area contributed by atoms with Crippen LogP contribution in [0.5, 0.6) is 0 Å². The first-order valence-corrected chi connectivity index (χ1v) is 15.4. The lowest BCUT2D eigenvalue weighted by Gasteiger charge is -2.20. The van der Waals surface area contributed by atoms with E-state index in [0.29, 0.717) is 48.2 Å². The van der Waals surface area contributed by atoms with Crippen molar-refractivity contribution in [1.29, 1.82) is 0 Å². The Kier molecular flexibility index (Phi) is 10.7. The van der Waals surface area contributed by atoms with Crippen LogP contribution in [-0.4, -0.2) is 79.8 Å². The summed E-state index contributed by atoms with van der Waals surface area (Å²) in [6, 6.07) is 7.54. The van der Waals surface area contributed by atoms with Crippen molar-refractivity contribution >= 4 is 40.8 Å². The van der Waals surface area contributed by atoms with Crippen molar-refractivity contribution in [3.63, 3.8) is 0 Å². The zero-order valence-electron chi connectivity index (χ0n) is 27.1. The standard InChI is InChI=1S/C32H45N9O3/c1-8-17-39-26-16-13-15-25(38(7)29(43)20-37(5)6)30(26)33-32(39)34-31(44)27-19-22(3)35-41(27)18-12-10-11-14-24-23(4)36-40(9-2)28(24)21-42/h13,15-16,19,21H,8-12,14,17-18,20H2,1-7H3,(H,33,34,44). The highest BCUT2D eigenvalue weighted by Crippen LogP contribution is 2.29. The molecule has 236 valence electrons. The maximum atomic E-state index is 13.6. The van der Waals surface area contributed by atoms with Crippen LogP contribution in [0.1, 0.15) is 77.5 Å². The van der Waals surface area contributed by atoms with Crippen LogP contribution in [0.3, 0.4) is 0 Å². The average Bonchev–Trinajstić information content (AvgIpc) is 3.64. The number of benzene rings is 1. The zero-order chi connectivity index (χ0) is 32.0. The fraction of sp³-hybridized carbons (Fsp3) is 0.500. The Bertz CT molecular complexity index is 1630. The van der Waals surface area contributed by atoms with Crippen molar-refractivity contribution in [3.8, 4) is 0 Å². The number of nitrogens with zero attached hydrogens (tertiary/aromatic N) is 8. The summed E-state index contributed by atoms with van der Waals surface area (Å²) in [7, 11) is 5.47. The van der Waals surface area contributed by atoms with Crippen LogP contribution in [0.4, 0.5) is 11.6 Å². The van der Waals surface area contributed by atoms with Gasteiger partial charge in [-0.15, -0.1) is 0 Å². The van der Waals surface area contributed by atoms with Gasteiger partial charge in [0.25, 0.3) is 5.91 Å². The van der Waals surface area contributed by atoms with E-state index in [4.69, 9.17) is 4.98 Å². The number of unbranched alkanes of at least 4 members (excludes halogenated alkanes) is 2. The Labute approximate surface area is 259 Å². The number of aryl methyl sites for hydroxylation is 5. The van der Waals surface area contributed by atoms with Crippen LogP contribution >= 0.6 is 0 Å². The largest absolute Gasteiger partial charge is 0.312 e. The lowest BCUT2D eigenvalue weighted by Crippen LogP contribution is -2.35. The Morgan fingerprint density at radius 1 is 1.00 bits per heavy atom. The van der Waals surface area contributed by atoms with Crippen LogP contribution in [0, 0.1) is 13.8 Å². The molecule has 44 heavy (non-hydrogen) atoms. The average molecular weight is 604 g/mol. The molecule has 0 atom stereocenters. The van der Waals surface area contributed by atoms with Gasteiger partial charge in [-0.1, -0.05) is 19.4 Å². The van der Waals surface area contributed by atoms with Gasteiger partial charge >= 0.3 is 0 Å². The molecule has 12 nitrogen and oxygen atoms in total. The van der Waals surface area contributed by atoms with Gasteiger partial charge in [0.15, 0.2) is 6.29 Å². The third-order valence-electron chi connectivity index (χ3n) is 7.75. The second-order valence-electron chi connectivity index (χ2n) is 11.5. The number of rotatable bonds is 15. The zero-order valence-corrected chi connectivity index (χ0v) is 27.1. The van der Waals surface area contributed by atoms with E-state index in [9.17, 15) is 14.4 Å². The highest BCUT2D eigenvalue weighted by molar-refractivity contribution is 6.05. The number of likely N-dealkylation sites (N-methyl/N-ethyl adjacent to an activating group) is 2. The van der Waals surface area contributed by atoms with Crippen molar-refractivity contribution in [2.45, 2.75) is 79.4 Å². The van der Waals surface area contributed by atoms with E-state index >= 15 is 0 Å². The van der Waals surface area contributed by atoms with Gasteiger partial charge in [-0.3, -0.25) is 29.1 Å². The molecule has 0 spiro atoms. The molecule has 12 heteroatoms. The minimum Gasteiger partial charge on any atom is -0.312 e. The molecule has 0 radical (unpaired) electrons. The van der Waals surface area contributed by atoms with Gasteiger partial charge < -0.3 is 14.4 Å². The second-order valence-corrected chi connectivity index (χ2v) is 11.5. The van der Waals surface area contributed by atoms with E-state index in [1.807, 2.05) is 62.5 Å². The van der Waals surface area contributed by atoms with Crippen LogP contribution in [0.15, 0.2) is 24.3 Å². The normalized spacial score (nSPS) is 11.5. The number of imidazole rings is 1. The number of nitrogens with one attached hydrogen (secondary N) is 1. The minimum absolute atomic E-state index is 0.0483. The van der Waals surface area contributed by atoms with Crippen molar-refractivity contribution in [1.82, 2.24) is 34.0 Å². The maximum Gasteiger partial charge on any atom is 0.276 e. The molecule has 0 saturated heterocycles. The molecule has 0 aliphatic carbocycles. The molecular weight excluding hydrogens is 558 g/mol. The molecule has 4 aromatic rings. The number of aromatic nitrogens is 6. The fourth-order valence-electron chi connectivity index (χ4n) is 5.58. The lowest BCUT2D eigenvalue weighted by molar-refractivity contribution is -0.118. The summed E-state index contributed by atoms with van der Waals surface area (Å²) in [5.74, 6) is 0.107. The van der Waals surface area contributed by atoms with Crippen LogP contribution in [0.25, 0.3) is 11.0 Å². The number of carbonyl (C=O) groups is 3. The van der Waals surface area contributed by atoms with Crippen LogP contribution in [-0.2, 0) is 30.8 Å². The summed E-state index contributed by atoms with van der Waals surface area (Å²) < 4.78 is 5.51. The third kappa shape index (κ3) is 7.07. The second kappa shape index (κ2) is 14.4. The maximum absolute atomic E-state index is 13.6. The highest BCUT2D eigenvalue weighted by Gasteiger charge is 2.22. The summed E-state index contributed by atoms with van der Waals surface area (Å²) in [6.45, 7) is 10.1. The van der Waals surface area contributed by atoms with Gasteiger partial charge in [-0.25, -0.2) is 4.98 Å². The molecular formula is C32H45N9O3. The molecule has 3 heterocycles. The predicted octanol–water partition coefficient (Wildman–Crippen LogP) is 4.48. The highest BCUT2D eigenvalue weighted by atomic mass is 16.2. The number of amides is 2. The molecule has 2 amide bonds. The van der Waals surface area contributed by atoms with Crippen LogP contribution < -0.4 is 10.2 Å². The van der Waals surface area contributed by atoms with Gasteiger partial charge in [0, 0.05) is 32.2 Å². The molecule has 0 unspecified atom stereocenters. The number of hydrogen-bond acceptors (Lipinski definition) is 7. The third-order valence-corrected chi connectivity index (χ3v) is 7.75. The van der Waals surface area contributed by atoms with E-state index in [-0.39, 0.29) is 18.4 Å². The number of carbonyl (C=O) groups excluding carboxylic acids is 3. The predicted molar refractivity (Wildman–Crippen MR) is 172 cm³/mol. The molecule has 0 bridgehead atoms. The lowest BCUT2D eigenvalue weighted by atomic mass is 10.1. The number of para-hydroxylation sites is 1. The summed E-state index contributed by atoms with van der Waals surface area (Å²) in [5.41, 5.74) is 6.03. The van der Waals surface area contributed by atoms with Gasteiger partial charge in [0.1, 0.15) is 16.9 Å². The summed E-state index contributed by atoms with van der Waals surface area (Å²) >= 11 is 0. The van der Waals surface area contributed by atoms with Crippen molar-refractivity contribution in [2.75, 3.05) is 37.9 Å². The van der Waals surface area contributed by atoms with Gasteiger partial charge in [-0.2, -0.15) is 10.2 Å². The topological polar surface area (TPSA) is 123 Å². The first-order chi connectivity index (χ1) is 21.1. The molecule has 1 aromatic carbocycles. The van der Waals surface area contributed by atoms with E-state index in [1.165, 1.54) is 0 Å². The number of aldehydes is 1. The van der Waals surface area contributed by atoms with Gasteiger partial charge in [-0.05, 0) is 78.7 Å². The van der Waals surface area contributed by atoms with E-state index in [1.54, 1.807) is 27.4 Å². The molecule has 0 saturated carbocycles. The molecule has 0 aliphatic heterocycles. The number of hydrogen-bond donors (Lipinski definition) is 1. The Morgan fingerprint density at radius 3 is 2.45 bits per heavy atom. The van der Waals surface area contributed by atoms with Gasteiger partial charge in [0.2, 0.25) is 11.9 Å². The first-order valence-electron chi connectivity index (χ1n) is 15.4. The Balaban J connectivity index is 1.48. The number of anilines is 2. The molecule has 3 aromatic heterocycles. The van der Waals surface area contributed by atoms with E-state index in [2.05, 4.69) is 22.4 Å². The monoisotopic (exact) mass is 603 g/mol. The molecule has 0 fully saturated rings. The van der Waals surface area contributed by atoms with Crippen molar-refractivity contribution < 1.29 is 14.4 Å².